The first kappa shape index (κ1) is 27.2. The highest BCUT2D eigenvalue weighted by Crippen LogP contribution is 2.20. The fourth-order valence-corrected chi connectivity index (χ4v) is 4.61. The average Bonchev–Trinajstić information content (AvgIpc) is 3.39. The van der Waals surface area contributed by atoms with Gasteiger partial charge in [-0.2, -0.15) is 13.5 Å². The highest BCUT2D eigenvalue weighted by atomic mass is 32.1. The topological polar surface area (TPSA) is 115 Å². The number of aryl methyl sites for hydroxylation is 3. The molecule has 1 amide bonds. The maximum Gasteiger partial charge on any atom is 0.326 e. The zero-order valence-corrected chi connectivity index (χ0v) is 22.0. The van der Waals surface area contributed by atoms with Crippen LogP contribution in [0.1, 0.15) is 52.1 Å². The Kier molecular flexibility index (Phi) is 9.02. The molecule has 0 fully saturated rings. The summed E-state index contributed by atoms with van der Waals surface area (Å²) in [6.45, 7) is 0.571. The van der Waals surface area contributed by atoms with Crippen LogP contribution in [0.2, 0.25) is 0 Å². The number of hydrogen-bond acceptors (Lipinski definition) is 6. The summed E-state index contributed by atoms with van der Waals surface area (Å²) in [4.78, 5) is 33.3. The molecule has 0 unspecified atom stereocenters. The van der Waals surface area contributed by atoms with E-state index in [2.05, 4.69) is 22.4 Å². The van der Waals surface area contributed by atoms with Gasteiger partial charge in [-0.1, -0.05) is 18.2 Å². The van der Waals surface area contributed by atoms with E-state index in [0.29, 0.717) is 23.3 Å². The molecular formula is C29H31N3O5S. The van der Waals surface area contributed by atoms with Crippen LogP contribution in [0.25, 0.3) is 11.1 Å². The van der Waals surface area contributed by atoms with Crippen LogP contribution in [0.15, 0.2) is 65.4 Å². The number of fused-ring (bicyclic) bond motifs is 2. The first-order valence-electron chi connectivity index (χ1n) is 12.6. The second-order valence-corrected chi connectivity index (χ2v) is 9.31. The van der Waals surface area contributed by atoms with Crippen molar-refractivity contribution < 1.29 is 23.8 Å². The SMILES string of the molecule is O=C(N[C@@H](Cc1ccc(OCCCc2ccc3c(n2)CCCC3)cc1)C(=O)O)c1ccc2ocnc2c1.S. The van der Waals surface area contributed by atoms with Crippen molar-refractivity contribution in [2.75, 3.05) is 6.61 Å². The number of nitrogens with one attached hydrogen (secondary N) is 1. The van der Waals surface area contributed by atoms with E-state index in [1.165, 1.54) is 30.5 Å². The second kappa shape index (κ2) is 12.6. The molecule has 0 aliphatic heterocycles. The van der Waals surface area contributed by atoms with Crippen molar-refractivity contribution in [1.29, 1.82) is 0 Å². The molecule has 0 saturated heterocycles. The van der Waals surface area contributed by atoms with Gasteiger partial charge in [0.2, 0.25) is 0 Å². The lowest BCUT2D eigenvalue weighted by atomic mass is 9.95. The van der Waals surface area contributed by atoms with Crippen LogP contribution in [-0.2, 0) is 30.5 Å². The van der Waals surface area contributed by atoms with E-state index >= 15 is 0 Å². The second-order valence-electron chi connectivity index (χ2n) is 9.31. The Morgan fingerprint density at radius 1 is 1.05 bits per heavy atom. The molecule has 1 aliphatic carbocycles. The summed E-state index contributed by atoms with van der Waals surface area (Å²) < 4.78 is 11.1. The monoisotopic (exact) mass is 533 g/mol. The minimum Gasteiger partial charge on any atom is -0.494 e. The number of oxazole rings is 1. The van der Waals surface area contributed by atoms with Gasteiger partial charge in [0.25, 0.3) is 5.91 Å². The van der Waals surface area contributed by atoms with Crippen molar-refractivity contribution in [3.05, 3.63) is 89.1 Å². The van der Waals surface area contributed by atoms with Crippen molar-refractivity contribution in [1.82, 2.24) is 15.3 Å². The molecule has 0 bridgehead atoms. The largest absolute Gasteiger partial charge is 0.494 e. The molecule has 8 nitrogen and oxygen atoms in total. The van der Waals surface area contributed by atoms with Gasteiger partial charge in [-0.15, -0.1) is 0 Å². The van der Waals surface area contributed by atoms with Gasteiger partial charge in [-0.3, -0.25) is 9.78 Å². The van der Waals surface area contributed by atoms with Crippen LogP contribution in [0.4, 0.5) is 0 Å². The maximum atomic E-state index is 12.6. The molecular weight excluding hydrogens is 502 g/mol. The van der Waals surface area contributed by atoms with Crippen LogP contribution in [0.5, 0.6) is 5.75 Å². The Morgan fingerprint density at radius 3 is 2.68 bits per heavy atom. The summed E-state index contributed by atoms with van der Waals surface area (Å²) in [6, 6.07) is 15.4. The normalized spacial score (nSPS) is 13.3. The highest BCUT2D eigenvalue weighted by molar-refractivity contribution is 7.59. The number of hydrogen-bond donors (Lipinski definition) is 2. The van der Waals surface area contributed by atoms with Crippen LogP contribution in [0, 0.1) is 0 Å². The average molecular weight is 534 g/mol. The van der Waals surface area contributed by atoms with Crippen LogP contribution in [0.3, 0.4) is 0 Å². The van der Waals surface area contributed by atoms with E-state index in [1.54, 1.807) is 18.2 Å². The summed E-state index contributed by atoms with van der Waals surface area (Å²) in [5, 5.41) is 12.2. The van der Waals surface area contributed by atoms with Gasteiger partial charge in [0, 0.05) is 23.4 Å². The van der Waals surface area contributed by atoms with Crippen molar-refractivity contribution in [2.45, 2.75) is 51.0 Å². The van der Waals surface area contributed by atoms with E-state index in [4.69, 9.17) is 14.1 Å². The summed E-state index contributed by atoms with van der Waals surface area (Å²) >= 11 is 0. The first-order chi connectivity index (χ1) is 18.0. The third-order valence-electron chi connectivity index (χ3n) is 6.64. The van der Waals surface area contributed by atoms with E-state index < -0.39 is 17.9 Å². The van der Waals surface area contributed by atoms with Crippen LogP contribution in [-0.4, -0.2) is 39.6 Å². The molecule has 4 aromatic rings. The smallest absolute Gasteiger partial charge is 0.326 e. The molecule has 198 valence electrons. The van der Waals surface area contributed by atoms with Crippen LogP contribution >= 0.6 is 13.5 Å². The number of benzene rings is 2. The zero-order chi connectivity index (χ0) is 25.6. The third kappa shape index (κ3) is 6.72. The molecule has 9 heteroatoms. The number of carboxylic acid groups (broad SMARTS) is 1. The molecule has 0 radical (unpaired) electrons. The number of nitrogens with zero attached hydrogens (tertiary/aromatic N) is 2. The summed E-state index contributed by atoms with van der Waals surface area (Å²) in [5.74, 6) is -0.864. The zero-order valence-electron chi connectivity index (χ0n) is 21.0. The summed E-state index contributed by atoms with van der Waals surface area (Å²) in [6.07, 6.45) is 7.88. The van der Waals surface area contributed by atoms with Gasteiger partial charge in [-0.05, 0) is 86.1 Å². The number of rotatable bonds is 10. The Morgan fingerprint density at radius 2 is 1.87 bits per heavy atom. The van der Waals surface area contributed by atoms with E-state index in [1.807, 2.05) is 24.3 Å². The lowest BCUT2D eigenvalue weighted by Crippen LogP contribution is -2.42. The van der Waals surface area contributed by atoms with Gasteiger partial charge < -0.3 is 19.6 Å². The number of aliphatic carboxylic acids is 1. The molecule has 2 N–H and O–H groups in total. The molecule has 2 heterocycles. The molecule has 38 heavy (non-hydrogen) atoms. The van der Waals surface area contributed by atoms with Gasteiger partial charge in [0.15, 0.2) is 12.0 Å². The van der Waals surface area contributed by atoms with E-state index in [0.717, 1.165) is 42.7 Å². The van der Waals surface area contributed by atoms with Crippen molar-refractivity contribution in [3.8, 4) is 5.75 Å². The van der Waals surface area contributed by atoms with Crippen molar-refractivity contribution in [2.24, 2.45) is 0 Å². The number of pyridine rings is 1. The predicted octanol–water partition coefficient (Wildman–Crippen LogP) is 4.65. The Hall–Kier alpha value is -3.85. The van der Waals surface area contributed by atoms with Gasteiger partial charge in [0.1, 0.15) is 17.3 Å². The number of amides is 1. The molecule has 2 aromatic carbocycles. The number of aromatic nitrogens is 2. The Bertz CT molecular complexity index is 1400. The first-order valence-corrected chi connectivity index (χ1v) is 12.6. The molecule has 5 rings (SSSR count). The van der Waals surface area contributed by atoms with E-state index in [9.17, 15) is 14.7 Å². The summed E-state index contributed by atoms with van der Waals surface area (Å²) in [7, 11) is 0. The molecule has 0 spiro atoms. The minimum atomic E-state index is -1.10. The maximum absolute atomic E-state index is 12.6. The molecule has 0 saturated carbocycles. The molecule has 1 atom stereocenters. The lowest BCUT2D eigenvalue weighted by Gasteiger charge is -2.16. The quantitative estimate of drug-likeness (QED) is 0.285. The van der Waals surface area contributed by atoms with Gasteiger partial charge >= 0.3 is 5.97 Å². The fourth-order valence-electron chi connectivity index (χ4n) is 4.61. The van der Waals surface area contributed by atoms with Crippen molar-refractivity contribution in [3.63, 3.8) is 0 Å². The standard InChI is InChI=1S/C29H29N3O5.H2S/c33-28(21-10-14-27-25(17-21)30-18-37-27)32-26(29(34)35)16-19-7-12-23(13-8-19)36-15-3-5-22-11-9-20-4-1-2-6-24(20)31-22;/h7-14,17-18,26H,1-6,15-16H2,(H,32,33)(H,34,35);1H2/t26-;/m0./s1. The summed E-state index contributed by atoms with van der Waals surface area (Å²) in [5.41, 5.74) is 5.96. The number of carboxylic acids is 1. The van der Waals surface area contributed by atoms with Gasteiger partial charge in [-0.25, -0.2) is 9.78 Å². The minimum absolute atomic E-state index is 0. The van der Waals surface area contributed by atoms with Crippen LogP contribution < -0.4 is 10.1 Å². The number of ether oxygens (including phenoxy) is 1. The fraction of sp³-hybridized carbons (Fsp3) is 0.310. The molecule has 1 aliphatic rings. The molecule has 2 aromatic heterocycles. The Balaban J connectivity index is 0.00000336. The van der Waals surface area contributed by atoms with Gasteiger partial charge in [0.05, 0.1) is 6.61 Å². The Labute approximate surface area is 227 Å². The number of carbonyl (C=O) groups is 2. The highest BCUT2D eigenvalue weighted by Gasteiger charge is 2.21. The lowest BCUT2D eigenvalue weighted by molar-refractivity contribution is -0.139. The predicted molar refractivity (Wildman–Crippen MR) is 148 cm³/mol. The van der Waals surface area contributed by atoms with Crippen molar-refractivity contribution >= 4 is 36.5 Å². The van der Waals surface area contributed by atoms with E-state index in [-0.39, 0.29) is 19.9 Å². The third-order valence-corrected chi connectivity index (χ3v) is 6.64. The number of carbonyl (C=O) groups excluding carboxylic acids is 1.